The van der Waals surface area contributed by atoms with Crippen LogP contribution in [-0.2, 0) is 27.7 Å². The maximum absolute atomic E-state index is 12.9. The van der Waals surface area contributed by atoms with Crippen molar-refractivity contribution in [2.75, 3.05) is 40.4 Å². The number of hydrogen-bond donors (Lipinski definition) is 0. The summed E-state index contributed by atoms with van der Waals surface area (Å²) in [5.41, 5.74) is 2.09. The van der Waals surface area contributed by atoms with Crippen molar-refractivity contribution >= 4 is 15.9 Å². The molecule has 1 heterocycles. The van der Waals surface area contributed by atoms with E-state index in [9.17, 15) is 13.2 Å². The second-order valence-corrected chi connectivity index (χ2v) is 9.41. The maximum Gasteiger partial charge on any atom is 0.243 e. The number of benzene rings is 2. The third-order valence-corrected chi connectivity index (χ3v) is 7.55. The van der Waals surface area contributed by atoms with E-state index in [2.05, 4.69) is 0 Å². The molecule has 3 rings (SSSR count). The number of piperazine rings is 1. The first-order valence-corrected chi connectivity index (χ1v) is 11.9. The number of amides is 1. The van der Waals surface area contributed by atoms with E-state index in [0.29, 0.717) is 55.4 Å². The van der Waals surface area contributed by atoms with Gasteiger partial charge in [0.2, 0.25) is 15.9 Å². The van der Waals surface area contributed by atoms with Gasteiger partial charge in [0.05, 0.1) is 19.1 Å². The zero-order valence-electron chi connectivity index (χ0n) is 18.3. The van der Waals surface area contributed by atoms with Crippen LogP contribution in [0.4, 0.5) is 0 Å². The zero-order chi connectivity index (χ0) is 22.4. The Bertz CT molecular complexity index is 997. The van der Waals surface area contributed by atoms with Crippen LogP contribution in [0.25, 0.3) is 0 Å². The number of nitrogens with zero attached hydrogens (tertiary/aromatic N) is 2. The highest BCUT2D eigenvalue weighted by Crippen LogP contribution is 2.28. The van der Waals surface area contributed by atoms with Crippen molar-refractivity contribution in [1.29, 1.82) is 0 Å². The summed E-state index contributed by atoms with van der Waals surface area (Å²) >= 11 is 0. The van der Waals surface area contributed by atoms with E-state index < -0.39 is 10.0 Å². The van der Waals surface area contributed by atoms with Crippen LogP contribution in [0.3, 0.4) is 0 Å². The van der Waals surface area contributed by atoms with E-state index in [0.717, 1.165) is 17.5 Å². The average Bonchev–Trinajstić information content (AvgIpc) is 2.82. The van der Waals surface area contributed by atoms with E-state index >= 15 is 0 Å². The monoisotopic (exact) mass is 446 g/mol. The first kappa shape index (κ1) is 23.1. The van der Waals surface area contributed by atoms with Gasteiger partial charge in [0.15, 0.2) is 11.5 Å². The molecule has 1 amide bonds. The number of sulfonamides is 1. The molecule has 0 saturated carbocycles. The van der Waals surface area contributed by atoms with Gasteiger partial charge in [0.25, 0.3) is 0 Å². The topological polar surface area (TPSA) is 76.2 Å². The molecule has 1 fully saturated rings. The minimum Gasteiger partial charge on any atom is -0.493 e. The van der Waals surface area contributed by atoms with Gasteiger partial charge in [-0.25, -0.2) is 8.42 Å². The maximum atomic E-state index is 12.9. The summed E-state index contributed by atoms with van der Waals surface area (Å²) in [6, 6.07) is 12.6. The molecule has 1 aliphatic rings. The molecule has 7 nitrogen and oxygen atoms in total. The van der Waals surface area contributed by atoms with E-state index in [1.165, 1.54) is 4.31 Å². The fourth-order valence-corrected chi connectivity index (χ4v) is 5.09. The van der Waals surface area contributed by atoms with Crippen LogP contribution in [0.5, 0.6) is 11.5 Å². The molecule has 0 aliphatic carbocycles. The van der Waals surface area contributed by atoms with Gasteiger partial charge in [-0.05, 0) is 48.2 Å². The average molecular weight is 447 g/mol. The lowest BCUT2D eigenvalue weighted by molar-refractivity contribution is -0.132. The highest BCUT2D eigenvalue weighted by atomic mass is 32.2. The standard InChI is InChI=1S/C23H30N2O5S/c1-4-18-5-9-20(10-6-18)31(27,28)25-15-13-24(14-16-25)23(26)12-8-19-7-11-21(29-2)22(17-19)30-3/h5-7,9-11,17H,4,8,12-16H2,1-3H3. The molecule has 0 atom stereocenters. The summed E-state index contributed by atoms with van der Waals surface area (Å²) in [4.78, 5) is 14.7. The molecular formula is C23H30N2O5S. The van der Waals surface area contributed by atoms with Crippen LogP contribution in [-0.4, -0.2) is 63.9 Å². The number of rotatable bonds is 8. The van der Waals surface area contributed by atoms with Crippen LogP contribution in [0.1, 0.15) is 24.5 Å². The van der Waals surface area contributed by atoms with Gasteiger partial charge in [0, 0.05) is 32.6 Å². The van der Waals surface area contributed by atoms with Crippen molar-refractivity contribution in [3.63, 3.8) is 0 Å². The molecule has 0 N–H and O–H groups in total. The lowest BCUT2D eigenvalue weighted by atomic mass is 10.1. The third-order valence-electron chi connectivity index (χ3n) is 5.64. The third kappa shape index (κ3) is 5.37. The Morgan fingerprint density at radius 2 is 1.52 bits per heavy atom. The second-order valence-electron chi connectivity index (χ2n) is 7.47. The summed E-state index contributed by atoms with van der Waals surface area (Å²) in [5, 5.41) is 0. The van der Waals surface area contributed by atoms with Crippen molar-refractivity contribution in [2.24, 2.45) is 0 Å². The normalized spacial score (nSPS) is 15.0. The molecule has 168 valence electrons. The van der Waals surface area contributed by atoms with Gasteiger partial charge in [0.1, 0.15) is 0 Å². The zero-order valence-corrected chi connectivity index (χ0v) is 19.2. The first-order chi connectivity index (χ1) is 14.9. The van der Waals surface area contributed by atoms with Gasteiger partial charge in [-0.2, -0.15) is 4.31 Å². The molecule has 0 bridgehead atoms. The van der Waals surface area contributed by atoms with Crippen molar-refractivity contribution in [3.8, 4) is 11.5 Å². The van der Waals surface area contributed by atoms with Crippen LogP contribution in [0, 0.1) is 0 Å². The van der Waals surface area contributed by atoms with Crippen molar-refractivity contribution < 1.29 is 22.7 Å². The van der Waals surface area contributed by atoms with Gasteiger partial charge >= 0.3 is 0 Å². The minimum atomic E-state index is -3.54. The van der Waals surface area contributed by atoms with E-state index in [4.69, 9.17) is 9.47 Å². The molecule has 2 aromatic rings. The van der Waals surface area contributed by atoms with Crippen LogP contribution in [0.15, 0.2) is 47.4 Å². The molecule has 0 spiro atoms. The Labute approximate surface area is 184 Å². The number of methoxy groups -OCH3 is 2. The van der Waals surface area contributed by atoms with Gasteiger partial charge < -0.3 is 14.4 Å². The Morgan fingerprint density at radius 3 is 2.10 bits per heavy atom. The van der Waals surface area contributed by atoms with E-state index in [1.54, 1.807) is 31.3 Å². The number of ether oxygens (including phenoxy) is 2. The Kier molecular flexibility index (Phi) is 7.56. The number of aryl methyl sites for hydroxylation is 2. The molecule has 2 aromatic carbocycles. The smallest absolute Gasteiger partial charge is 0.243 e. The summed E-state index contributed by atoms with van der Waals surface area (Å²) < 4.78 is 37.8. The SMILES string of the molecule is CCc1ccc(S(=O)(=O)N2CCN(C(=O)CCc3ccc(OC)c(OC)c3)CC2)cc1. The van der Waals surface area contributed by atoms with Crippen molar-refractivity contribution in [1.82, 2.24) is 9.21 Å². The summed E-state index contributed by atoms with van der Waals surface area (Å²) in [6.07, 6.45) is 1.81. The molecule has 31 heavy (non-hydrogen) atoms. The first-order valence-electron chi connectivity index (χ1n) is 10.5. The molecule has 1 saturated heterocycles. The molecular weight excluding hydrogens is 416 g/mol. The van der Waals surface area contributed by atoms with E-state index in [1.807, 2.05) is 37.3 Å². The number of carbonyl (C=O) groups excluding carboxylic acids is 1. The highest BCUT2D eigenvalue weighted by Gasteiger charge is 2.29. The minimum absolute atomic E-state index is 0.0270. The Hall–Kier alpha value is -2.58. The fraction of sp³-hybridized carbons (Fsp3) is 0.435. The summed E-state index contributed by atoms with van der Waals surface area (Å²) in [6.45, 7) is 3.44. The quantitative estimate of drug-likeness (QED) is 0.623. The molecule has 8 heteroatoms. The summed E-state index contributed by atoms with van der Waals surface area (Å²) in [5.74, 6) is 1.32. The second kappa shape index (κ2) is 10.2. The van der Waals surface area contributed by atoms with Gasteiger partial charge in [-0.1, -0.05) is 25.1 Å². The Morgan fingerprint density at radius 1 is 0.903 bits per heavy atom. The van der Waals surface area contributed by atoms with E-state index in [-0.39, 0.29) is 5.91 Å². The van der Waals surface area contributed by atoms with Gasteiger partial charge in [-0.3, -0.25) is 4.79 Å². The number of carbonyl (C=O) groups is 1. The summed E-state index contributed by atoms with van der Waals surface area (Å²) in [7, 11) is -0.370. The van der Waals surface area contributed by atoms with Crippen LogP contribution >= 0.6 is 0 Å². The predicted octanol–water partition coefficient (Wildman–Crippen LogP) is 2.73. The highest BCUT2D eigenvalue weighted by molar-refractivity contribution is 7.89. The van der Waals surface area contributed by atoms with Crippen molar-refractivity contribution in [2.45, 2.75) is 31.1 Å². The predicted molar refractivity (Wildman–Crippen MR) is 119 cm³/mol. The molecule has 1 aliphatic heterocycles. The molecule has 0 radical (unpaired) electrons. The fourth-order valence-electron chi connectivity index (χ4n) is 3.67. The lowest BCUT2D eigenvalue weighted by Crippen LogP contribution is -2.50. The van der Waals surface area contributed by atoms with Gasteiger partial charge in [-0.15, -0.1) is 0 Å². The van der Waals surface area contributed by atoms with Crippen molar-refractivity contribution in [3.05, 3.63) is 53.6 Å². The Balaban J connectivity index is 1.54. The largest absolute Gasteiger partial charge is 0.493 e. The molecule has 0 unspecified atom stereocenters. The number of hydrogen-bond acceptors (Lipinski definition) is 5. The molecule has 0 aromatic heterocycles. The van der Waals surface area contributed by atoms with Crippen LogP contribution in [0.2, 0.25) is 0 Å². The van der Waals surface area contributed by atoms with Crippen LogP contribution < -0.4 is 9.47 Å². The lowest BCUT2D eigenvalue weighted by Gasteiger charge is -2.34.